The zero-order valence-electron chi connectivity index (χ0n) is 14.3. The van der Waals surface area contributed by atoms with Crippen molar-refractivity contribution in [1.29, 1.82) is 0 Å². The summed E-state index contributed by atoms with van der Waals surface area (Å²) in [5.41, 5.74) is 0.349. The van der Waals surface area contributed by atoms with Crippen molar-refractivity contribution in [2.45, 2.75) is 4.90 Å². The number of carbonyl (C=O) groups excluding carboxylic acids is 1. The van der Waals surface area contributed by atoms with Crippen molar-refractivity contribution in [3.63, 3.8) is 0 Å². The summed E-state index contributed by atoms with van der Waals surface area (Å²) >= 11 is 23.8. The number of sulfonamides is 1. The van der Waals surface area contributed by atoms with Gasteiger partial charge in [-0.2, -0.15) is 8.42 Å². The first-order valence-corrected chi connectivity index (χ1v) is 10.9. The van der Waals surface area contributed by atoms with Gasteiger partial charge < -0.3 is 0 Å². The molecule has 0 atom stereocenters. The number of benzene rings is 2. The lowest BCUT2D eigenvalue weighted by molar-refractivity contribution is -0.111. The molecule has 2 aromatic rings. The number of carbonyl (C=O) groups is 1. The highest BCUT2D eigenvalue weighted by molar-refractivity contribution is 7.90. The molecule has 0 amide bonds. The van der Waals surface area contributed by atoms with Crippen LogP contribution in [-0.2, 0) is 14.8 Å². The van der Waals surface area contributed by atoms with Gasteiger partial charge in [0, 0.05) is 10.6 Å². The van der Waals surface area contributed by atoms with Gasteiger partial charge in [-0.05, 0) is 42.5 Å². The lowest BCUT2D eigenvalue weighted by Gasteiger charge is -2.11. The highest BCUT2D eigenvalue weighted by Crippen LogP contribution is 2.28. The van der Waals surface area contributed by atoms with Gasteiger partial charge in [-0.1, -0.05) is 64.6 Å². The molecule has 29 heavy (non-hydrogen) atoms. The van der Waals surface area contributed by atoms with Crippen LogP contribution in [0.1, 0.15) is 5.56 Å². The molecule has 1 aliphatic carbocycles. The fraction of sp³-hybridized carbons (Fsp3) is 0. The van der Waals surface area contributed by atoms with Gasteiger partial charge >= 0.3 is 0 Å². The molecular weight excluding hydrogens is 478 g/mol. The van der Waals surface area contributed by atoms with Crippen LogP contribution in [0, 0.1) is 0 Å². The van der Waals surface area contributed by atoms with Crippen LogP contribution in [0.5, 0.6) is 0 Å². The third-order valence-corrected chi connectivity index (χ3v) is 6.33. The normalized spacial score (nSPS) is 17.0. The SMILES string of the molecule is O=C1C(Cl)=CC(=N/C(=N/S(=O)(=O)c2ccccc2)c2ccc(Cl)cc2)C(Cl)=C1Cl. The number of Topliss-reactive ketones (excluding diaryl/α,β-unsaturated/α-hetero) is 1. The second-order valence-corrected chi connectivity index (χ2v) is 8.86. The Morgan fingerprint density at radius 2 is 1.45 bits per heavy atom. The molecule has 0 aromatic heterocycles. The number of aliphatic imine (C=N–C) groups is 1. The van der Waals surface area contributed by atoms with Crippen LogP contribution < -0.4 is 0 Å². The summed E-state index contributed by atoms with van der Waals surface area (Å²) in [5.74, 6) is -0.836. The van der Waals surface area contributed by atoms with E-state index >= 15 is 0 Å². The number of hydrogen-bond donors (Lipinski definition) is 0. The van der Waals surface area contributed by atoms with Crippen molar-refractivity contribution in [3.05, 3.63) is 86.4 Å². The Labute approximate surface area is 187 Å². The smallest absolute Gasteiger partial charge is 0.284 e. The molecule has 0 bridgehead atoms. The highest BCUT2D eigenvalue weighted by atomic mass is 35.5. The lowest BCUT2D eigenvalue weighted by Crippen LogP contribution is -2.14. The molecule has 0 aliphatic heterocycles. The van der Waals surface area contributed by atoms with E-state index < -0.39 is 15.8 Å². The van der Waals surface area contributed by atoms with Crippen molar-refractivity contribution in [3.8, 4) is 0 Å². The number of ketones is 1. The van der Waals surface area contributed by atoms with Gasteiger partial charge in [-0.15, -0.1) is 4.40 Å². The van der Waals surface area contributed by atoms with Crippen molar-refractivity contribution >= 4 is 73.8 Å². The van der Waals surface area contributed by atoms with Gasteiger partial charge in [0.25, 0.3) is 10.0 Å². The van der Waals surface area contributed by atoms with Crippen LogP contribution in [0.3, 0.4) is 0 Å². The minimum absolute atomic E-state index is 0.00164. The topological polar surface area (TPSA) is 75.9 Å². The Hall–Kier alpha value is -1.96. The van der Waals surface area contributed by atoms with E-state index in [2.05, 4.69) is 9.39 Å². The quantitative estimate of drug-likeness (QED) is 0.334. The number of amidine groups is 1. The fourth-order valence-corrected chi connectivity index (χ4v) is 3.99. The Morgan fingerprint density at radius 3 is 2.07 bits per heavy atom. The average Bonchev–Trinajstić information content (AvgIpc) is 2.71. The number of halogens is 4. The van der Waals surface area contributed by atoms with Crippen molar-refractivity contribution in [2.24, 2.45) is 9.39 Å². The predicted molar refractivity (Wildman–Crippen MR) is 117 cm³/mol. The maximum Gasteiger partial charge on any atom is 0.284 e. The van der Waals surface area contributed by atoms with Crippen molar-refractivity contribution in [1.82, 2.24) is 0 Å². The fourth-order valence-electron chi connectivity index (χ4n) is 2.26. The number of hydrogen-bond acceptors (Lipinski definition) is 3. The molecule has 0 heterocycles. The minimum Gasteiger partial charge on any atom is -0.287 e. The summed E-state index contributed by atoms with van der Waals surface area (Å²) in [5, 5.41) is -0.252. The standard InChI is InChI=1S/C19H10Cl4N2O3S/c20-12-8-6-11(7-9-12)19(25-29(27,28)13-4-2-1-3-5-13)24-15-10-14(21)18(26)17(23)16(15)22/h1-10H/b24-15?,25-19+. The van der Waals surface area contributed by atoms with E-state index in [9.17, 15) is 13.2 Å². The molecule has 0 radical (unpaired) electrons. The van der Waals surface area contributed by atoms with Crippen LogP contribution in [0.15, 0.2) is 90.1 Å². The number of allylic oxidation sites excluding steroid dienone is 4. The third kappa shape index (κ3) is 4.97. The molecule has 1 aliphatic rings. The van der Waals surface area contributed by atoms with Gasteiger partial charge in [0.2, 0.25) is 5.78 Å². The molecule has 0 spiro atoms. The highest BCUT2D eigenvalue weighted by Gasteiger charge is 2.25. The monoisotopic (exact) mass is 486 g/mol. The van der Waals surface area contributed by atoms with Gasteiger partial charge in [0.15, 0.2) is 5.84 Å². The largest absolute Gasteiger partial charge is 0.287 e. The van der Waals surface area contributed by atoms with E-state index in [1.807, 2.05) is 0 Å². The molecule has 3 rings (SSSR count). The molecule has 0 saturated carbocycles. The average molecular weight is 488 g/mol. The maximum atomic E-state index is 12.7. The summed E-state index contributed by atoms with van der Waals surface area (Å²) in [6, 6.07) is 13.8. The summed E-state index contributed by atoms with van der Waals surface area (Å²) in [6.07, 6.45) is 1.19. The van der Waals surface area contributed by atoms with E-state index in [-0.39, 0.29) is 31.5 Å². The molecule has 0 fully saturated rings. The van der Waals surface area contributed by atoms with Gasteiger partial charge in [-0.25, -0.2) is 4.99 Å². The van der Waals surface area contributed by atoms with E-state index in [0.717, 1.165) is 0 Å². The maximum absolute atomic E-state index is 12.7. The Morgan fingerprint density at radius 1 is 0.828 bits per heavy atom. The first-order valence-electron chi connectivity index (χ1n) is 7.91. The van der Waals surface area contributed by atoms with E-state index in [1.165, 1.54) is 18.2 Å². The Bertz CT molecular complexity index is 1200. The summed E-state index contributed by atoms with van der Waals surface area (Å²) in [6.45, 7) is 0. The summed E-state index contributed by atoms with van der Waals surface area (Å²) in [7, 11) is -4.09. The zero-order chi connectivity index (χ0) is 21.2. The van der Waals surface area contributed by atoms with E-state index in [0.29, 0.717) is 10.6 Å². The second-order valence-electron chi connectivity index (χ2n) is 5.66. The number of rotatable bonds is 3. The molecule has 0 unspecified atom stereocenters. The summed E-state index contributed by atoms with van der Waals surface area (Å²) in [4.78, 5) is 16.0. The molecule has 10 heteroatoms. The molecule has 0 saturated heterocycles. The van der Waals surface area contributed by atoms with E-state index in [4.69, 9.17) is 46.4 Å². The zero-order valence-corrected chi connectivity index (χ0v) is 18.2. The first kappa shape index (κ1) is 21.7. The molecule has 5 nitrogen and oxygen atoms in total. The van der Waals surface area contributed by atoms with E-state index in [1.54, 1.807) is 42.5 Å². The van der Waals surface area contributed by atoms with Gasteiger partial charge in [0.05, 0.1) is 20.7 Å². The minimum atomic E-state index is -4.09. The molecular formula is C19H10Cl4N2O3S. The molecule has 0 N–H and O–H groups in total. The Kier molecular flexibility index (Phi) is 6.61. The van der Waals surface area contributed by atoms with Crippen molar-refractivity contribution in [2.75, 3.05) is 0 Å². The van der Waals surface area contributed by atoms with Crippen LogP contribution in [0.4, 0.5) is 0 Å². The third-order valence-electron chi connectivity index (χ3n) is 3.67. The predicted octanol–water partition coefficient (Wildman–Crippen LogP) is 5.31. The molecule has 2 aromatic carbocycles. The van der Waals surface area contributed by atoms with Gasteiger partial charge in [-0.3, -0.25) is 4.79 Å². The van der Waals surface area contributed by atoms with Gasteiger partial charge in [0.1, 0.15) is 5.03 Å². The van der Waals surface area contributed by atoms with Crippen LogP contribution >= 0.6 is 46.4 Å². The first-order chi connectivity index (χ1) is 13.7. The second kappa shape index (κ2) is 8.81. The van der Waals surface area contributed by atoms with Crippen LogP contribution in [0.2, 0.25) is 5.02 Å². The van der Waals surface area contributed by atoms with Crippen molar-refractivity contribution < 1.29 is 13.2 Å². The van der Waals surface area contributed by atoms with Crippen LogP contribution in [-0.4, -0.2) is 25.7 Å². The number of nitrogens with zero attached hydrogens (tertiary/aromatic N) is 2. The molecule has 148 valence electrons. The van der Waals surface area contributed by atoms with Crippen LogP contribution in [0.25, 0.3) is 0 Å². The lowest BCUT2D eigenvalue weighted by atomic mass is 10.1. The Balaban J connectivity index is 2.20. The summed E-state index contributed by atoms with van der Waals surface area (Å²) < 4.78 is 29.3.